The van der Waals surface area contributed by atoms with Crippen LogP contribution in [0.3, 0.4) is 0 Å². The van der Waals surface area contributed by atoms with Gasteiger partial charge >= 0.3 is 5.97 Å². The highest BCUT2D eigenvalue weighted by atomic mass is 19.1. The summed E-state index contributed by atoms with van der Waals surface area (Å²) in [6, 6.07) is 15.7. The summed E-state index contributed by atoms with van der Waals surface area (Å²) >= 11 is 0. The van der Waals surface area contributed by atoms with Crippen LogP contribution in [0.5, 0.6) is 0 Å². The summed E-state index contributed by atoms with van der Waals surface area (Å²) in [5.41, 5.74) is 3.34. The van der Waals surface area contributed by atoms with Crippen molar-refractivity contribution in [1.29, 1.82) is 0 Å². The van der Waals surface area contributed by atoms with Gasteiger partial charge in [0.05, 0.1) is 22.2 Å². The first-order chi connectivity index (χ1) is 22.2. The molecule has 46 heavy (non-hydrogen) atoms. The molecule has 6 rings (SSSR count). The molecule has 0 bridgehead atoms. The van der Waals surface area contributed by atoms with Gasteiger partial charge in [-0.15, -0.1) is 0 Å². The van der Waals surface area contributed by atoms with Crippen molar-refractivity contribution in [2.75, 3.05) is 24.6 Å². The number of amides is 1. The average Bonchev–Trinajstić information content (AvgIpc) is 3.46. The van der Waals surface area contributed by atoms with Crippen molar-refractivity contribution in [2.45, 2.75) is 45.1 Å². The number of allylic oxidation sites excluding steroid dienone is 1. The normalized spacial score (nSPS) is 20.8. The number of carbonyl (C=O) groups excluding carboxylic acids is 2. The number of piperidine rings is 1. The first-order valence-corrected chi connectivity index (χ1v) is 15.5. The molecule has 2 fully saturated rings. The lowest BCUT2D eigenvalue weighted by atomic mass is 9.77. The molecule has 3 aromatic carbocycles. The van der Waals surface area contributed by atoms with Crippen LogP contribution in [-0.2, 0) is 9.53 Å². The molecular formula is C35H34F2N4O5. The van der Waals surface area contributed by atoms with Crippen LogP contribution in [0, 0.1) is 33.6 Å². The number of nitro groups is 1. The van der Waals surface area contributed by atoms with Crippen LogP contribution >= 0.6 is 0 Å². The summed E-state index contributed by atoms with van der Waals surface area (Å²) in [7, 11) is 0. The van der Waals surface area contributed by atoms with Crippen molar-refractivity contribution >= 4 is 35.0 Å². The van der Waals surface area contributed by atoms with E-state index in [1.165, 1.54) is 41.4 Å². The lowest BCUT2D eigenvalue weighted by Crippen LogP contribution is -2.34. The van der Waals surface area contributed by atoms with Gasteiger partial charge in [-0.3, -0.25) is 14.9 Å². The van der Waals surface area contributed by atoms with Crippen molar-refractivity contribution < 1.29 is 28.0 Å². The molecule has 2 atom stereocenters. The standard InChI is InChI=1S/C35H34F2N4O5/c1-22-15-17-39(18-16-22)30-14-9-26(20-31(30)41(44)45)35(43)46-21-32(42)40-34(24-7-12-28(37)13-8-24)29-4-2-3-25(33(29)38-40)19-23-5-10-27(36)11-6-23/h5-14,19-20,22,29,34H,2-4,15-18,21H2,1H3. The molecule has 3 aromatic rings. The van der Waals surface area contributed by atoms with Gasteiger partial charge in [0.25, 0.3) is 11.6 Å². The number of ether oxygens (including phenoxy) is 1. The molecule has 0 radical (unpaired) electrons. The first-order valence-electron chi connectivity index (χ1n) is 15.5. The number of rotatable bonds is 7. The van der Waals surface area contributed by atoms with Gasteiger partial charge in [-0.2, -0.15) is 5.10 Å². The molecule has 3 aliphatic rings. The van der Waals surface area contributed by atoms with Gasteiger partial charge in [-0.1, -0.05) is 31.2 Å². The Labute approximate surface area is 265 Å². The fraction of sp³-hybridized carbons (Fsp3) is 0.343. The van der Waals surface area contributed by atoms with Crippen LogP contribution < -0.4 is 4.90 Å². The summed E-state index contributed by atoms with van der Waals surface area (Å²) in [6.45, 7) is 2.89. The molecule has 1 amide bonds. The third-order valence-corrected chi connectivity index (χ3v) is 9.04. The Morgan fingerprint density at radius 3 is 2.35 bits per heavy atom. The van der Waals surface area contributed by atoms with Crippen LogP contribution in [0.4, 0.5) is 20.2 Å². The van der Waals surface area contributed by atoms with Crippen molar-refractivity contribution in [3.8, 4) is 0 Å². The van der Waals surface area contributed by atoms with Gasteiger partial charge < -0.3 is 9.64 Å². The van der Waals surface area contributed by atoms with Gasteiger partial charge in [0.1, 0.15) is 17.3 Å². The number of anilines is 1. The van der Waals surface area contributed by atoms with E-state index in [0.717, 1.165) is 36.8 Å². The number of fused-ring (bicyclic) bond motifs is 1. The van der Waals surface area contributed by atoms with Crippen LogP contribution in [0.15, 0.2) is 77.4 Å². The molecule has 9 nitrogen and oxygen atoms in total. The molecule has 1 aliphatic carbocycles. The second-order valence-corrected chi connectivity index (χ2v) is 12.1. The van der Waals surface area contributed by atoms with Crippen molar-refractivity contribution in [3.63, 3.8) is 0 Å². The number of nitro benzene ring substituents is 1. The molecule has 1 saturated carbocycles. The minimum atomic E-state index is -0.866. The molecule has 0 aromatic heterocycles. The van der Waals surface area contributed by atoms with Crippen molar-refractivity contribution in [2.24, 2.45) is 16.9 Å². The smallest absolute Gasteiger partial charge is 0.338 e. The second kappa shape index (κ2) is 13.2. The van der Waals surface area contributed by atoms with E-state index in [9.17, 15) is 28.5 Å². The monoisotopic (exact) mass is 628 g/mol. The molecule has 2 unspecified atom stereocenters. The topological polar surface area (TPSA) is 105 Å². The molecule has 0 N–H and O–H groups in total. The van der Waals surface area contributed by atoms with Crippen molar-refractivity contribution in [3.05, 3.63) is 111 Å². The minimum absolute atomic E-state index is 0.0327. The van der Waals surface area contributed by atoms with Gasteiger partial charge in [-0.05, 0) is 97.2 Å². The first kappa shape index (κ1) is 31.1. The van der Waals surface area contributed by atoms with Gasteiger partial charge in [0, 0.05) is 25.1 Å². The largest absolute Gasteiger partial charge is 0.452 e. The van der Waals surface area contributed by atoms with E-state index in [-0.39, 0.29) is 23.0 Å². The lowest BCUT2D eigenvalue weighted by molar-refractivity contribution is -0.384. The third-order valence-electron chi connectivity index (χ3n) is 9.04. The maximum absolute atomic E-state index is 13.8. The summed E-state index contributed by atoms with van der Waals surface area (Å²) in [4.78, 5) is 40.0. The van der Waals surface area contributed by atoms with Crippen LogP contribution in [0.25, 0.3) is 6.08 Å². The Balaban J connectivity index is 1.23. The summed E-state index contributed by atoms with van der Waals surface area (Å²) in [5, 5.41) is 17.9. The summed E-state index contributed by atoms with van der Waals surface area (Å²) in [5.74, 6) is -1.84. The van der Waals surface area contributed by atoms with E-state index in [1.54, 1.807) is 30.3 Å². The maximum atomic E-state index is 13.8. The van der Waals surface area contributed by atoms with Gasteiger partial charge in [0.15, 0.2) is 6.61 Å². The lowest BCUT2D eigenvalue weighted by Gasteiger charge is -2.31. The van der Waals surface area contributed by atoms with E-state index in [1.807, 2.05) is 11.0 Å². The zero-order valence-electron chi connectivity index (χ0n) is 25.4. The number of benzene rings is 3. The molecule has 11 heteroatoms. The average molecular weight is 629 g/mol. The number of hydrazone groups is 1. The van der Waals surface area contributed by atoms with E-state index < -0.39 is 35.3 Å². The van der Waals surface area contributed by atoms with E-state index in [4.69, 9.17) is 9.84 Å². The highest BCUT2D eigenvalue weighted by Gasteiger charge is 2.44. The Morgan fingerprint density at radius 2 is 1.67 bits per heavy atom. The SMILES string of the molecule is CC1CCN(c2ccc(C(=O)OCC(=O)N3N=C4C(=Cc5ccc(F)cc5)CCCC4C3c3ccc(F)cc3)cc2[N+](=O)[O-])CC1. The molecule has 2 heterocycles. The van der Waals surface area contributed by atoms with Gasteiger partial charge in [-0.25, -0.2) is 18.6 Å². The fourth-order valence-electron chi connectivity index (χ4n) is 6.55. The number of esters is 1. The Kier molecular flexibility index (Phi) is 8.92. The number of carbonyl (C=O) groups is 2. The summed E-state index contributed by atoms with van der Waals surface area (Å²) < 4.78 is 32.7. The van der Waals surface area contributed by atoms with Crippen LogP contribution in [0.2, 0.25) is 0 Å². The van der Waals surface area contributed by atoms with Crippen LogP contribution in [0.1, 0.15) is 66.6 Å². The number of hydrogen-bond donors (Lipinski definition) is 0. The zero-order valence-corrected chi connectivity index (χ0v) is 25.4. The number of halogens is 2. The second-order valence-electron chi connectivity index (χ2n) is 12.1. The van der Waals surface area contributed by atoms with Crippen LogP contribution in [-0.4, -0.2) is 47.2 Å². The highest BCUT2D eigenvalue weighted by Crippen LogP contribution is 2.44. The maximum Gasteiger partial charge on any atom is 0.338 e. The predicted molar refractivity (Wildman–Crippen MR) is 169 cm³/mol. The third kappa shape index (κ3) is 6.54. The highest BCUT2D eigenvalue weighted by molar-refractivity contribution is 6.08. The van der Waals surface area contributed by atoms with E-state index in [2.05, 4.69) is 6.92 Å². The molecule has 1 saturated heterocycles. The molecular weight excluding hydrogens is 594 g/mol. The van der Waals surface area contributed by atoms with Gasteiger partial charge in [0.2, 0.25) is 0 Å². The Bertz CT molecular complexity index is 1700. The fourth-order valence-corrected chi connectivity index (χ4v) is 6.55. The van der Waals surface area contributed by atoms with Crippen molar-refractivity contribution in [1.82, 2.24) is 5.01 Å². The predicted octanol–water partition coefficient (Wildman–Crippen LogP) is 7.09. The Morgan fingerprint density at radius 1 is 1.00 bits per heavy atom. The van der Waals surface area contributed by atoms with E-state index >= 15 is 0 Å². The molecule has 2 aliphatic heterocycles. The summed E-state index contributed by atoms with van der Waals surface area (Å²) in [6.07, 6.45) is 6.06. The molecule has 0 spiro atoms. The minimum Gasteiger partial charge on any atom is -0.452 e. The zero-order chi connectivity index (χ0) is 32.4. The molecule has 238 valence electrons. The van der Waals surface area contributed by atoms with E-state index in [0.29, 0.717) is 42.4 Å². The number of hydrogen-bond acceptors (Lipinski definition) is 7. The Hall–Kier alpha value is -4.93. The quantitative estimate of drug-likeness (QED) is 0.157. The number of nitrogens with zero attached hydrogens (tertiary/aromatic N) is 4.